The van der Waals surface area contributed by atoms with Crippen LogP contribution in [0.3, 0.4) is 0 Å². The van der Waals surface area contributed by atoms with Crippen molar-refractivity contribution >= 4 is 0 Å². The fourth-order valence-corrected chi connectivity index (χ4v) is 3.01. The standard InChI is InChI=1S/C16H34/c1-7-10-11-12-15(8-2)16(9-3)14(6)13(4)5/h13-16H,7-12H2,1-6H3. The summed E-state index contributed by atoms with van der Waals surface area (Å²) in [5.74, 6) is 3.64. The van der Waals surface area contributed by atoms with E-state index in [1.54, 1.807) is 0 Å². The van der Waals surface area contributed by atoms with Gasteiger partial charge in [-0.15, -0.1) is 0 Å². The molecule has 98 valence electrons. The van der Waals surface area contributed by atoms with E-state index in [4.69, 9.17) is 0 Å². The van der Waals surface area contributed by atoms with Crippen molar-refractivity contribution in [2.24, 2.45) is 23.7 Å². The average molecular weight is 226 g/mol. The van der Waals surface area contributed by atoms with Gasteiger partial charge >= 0.3 is 0 Å². The molecule has 0 bridgehead atoms. The summed E-state index contributed by atoms with van der Waals surface area (Å²) >= 11 is 0. The highest BCUT2D eigenvalue weighted by Gasteiger charge is 2.25. The molecule has 0 aromatic rings. The summed E-state index contributed by atoms with van der Waals surface area (Å²) < 4.78 is 0. The molecule has 0 rings (SSSR count). The molecular weight excluding hydrogens is 192 g/mol. The minimum absolute atomic E-state index is 0.838. The fraction of sp³-hybridized carbons (Fsp3) is 1.00. The number of unbranched alkanes of at least 4 members (excludes halogenated alkanes) is 2. The molecule has 0 saturated heterocycles. The summed E-state index contributed by atoms with van der Waals surface area (Å²) in [4.78, 5) is 0. The lowest BCUT2D eigenvalue weighted by Gasteiger charge is -2.33. The summed E-state index contributed by atoms with van der Waals surface area (Å²) in [6.07, 6.45) is 8.41. The van der Waals surface area contributed by atoms with Crippen molar-refractivity contribution < 1.29 is 0 Å². The Balaban J connectivity index is 4.26. The topological polar surface area (TPSA) is 0 Å². The van der Waals surface area contributed by atoms with Crippen molar-refractivity contribution in [3.8, 4) is 0 Å². The van der Waals surface area contributed by atoms with Crippen LogP contribution in [0, 0.1) is 23.7 Å². The van der Waals surface area contributed by atoms with Gasteiger partial charge in [0.2, 0.25) is 0 Å². The molecule has 0 saturated carbocycles. The number of hydrogen-bond donors (Lipinski definition) is 0. The molecule has 0 fully saturated rings. The molecule has 0 N–H and O–H groups in total. The molecule has 0 aliphatic carbocycles. The fourth-order valence-electron chi connectivity index (χ4n) is 3.01. The molecule has 0 radical (unpaired) electrons. The van der Waals surface area contributed by atoms with Crippen molar-refractivity contribution in [3.63, 3.8) is 0 Å². The highest BCUT2D eigenvalue weighted by atomic mass is 14.3. The smallest absolute Gasteiger partial charge is 0.0360 e. The van der Waals surface area contributed by atoms with Gasteiger partial charge in [0.05, 0.1) is 0 Å². The second kappa shape index (κ2) is 9.07. The van der Waals surface area contributed by atoms with Gasteiger partial charge in [-0.2, -0.15) is 0 Å². The van der Waals surface area contributed by atoms with E-state index in [0.29, 0.717) is 0 Å². The van der Waals surface area contributed by atoms with Crippen LogP contribution in [-0.4, -0.2) is 0 Å². The van der Waals surface area contributed by atoms with Gasteiger partial charge in [-0.05, 0) is 23.7 Å². The first-order valence-corrected chi connectivity index (χ1v) is 7.58. The Bertz CT molecular complexity index is 148. The van der Waals surface area contributed by atoms with Gasteiger partial charge in [-0.3, -0.25) is 0 Å². The molecule has 3 atom stereocenters. The maximum Gasteiger partial charge on any atom is -0.0360 e. The minimum Gasteiger partial charge on any atom is -0.0654 e. The van der Waals surface area contributed by atoms with Gasteiger partial charge in [0.1, 0.15) is 0 Å². The first-order chi connectivity index (χ1) is 7.58. The van der Waals surface area contributed by atoms with Gasteiger partial charge in [0.25, 0.3) is 0 Å². The summed E-state index contributed by atoms with van der Waals surface area (Å²) in [6.45, 7) is 14.3. The number of hydrogen-bond acceptors (Lipinski definition) is 0. The van der Waals surface area contributed by atoms with Crippen LogP contribution >= 0.6 is 0 Å². The first kappa shape index (κ1) is 16.0. The zero-order chi connectivity index (χ0) is 12.6. The van der Waals surface area contributed by atoms with E-state index in [9.17, 15) is 0 Å². The molecule has 0 aromatic carbocycles. The second-order valence-corrected chi connectivity index (χ2v) is 5.84. The van der Waals surface area contributed by atoms with E-state index >= 15 is 0 Å². The van der Waals surface area contributed by atoms with Gasteiger partial charge in [0.15, 0.2) is 0 Å². The Morgan fingerprint density at radius 1 is 0.812 bits per heavy atom. The third-order valence-corrected chi connectivity index (χ3v) is 4.51. The molecule has 0 heterocycles. The Hall–Kier alpha value is 0. The van der Waals surface area contributed by atoms with Gasteiger partial charge in [-0.25, -0.2) is 0 Å². The monoisotopic (exact) mass is 226 g/mol. The SMILES string of the molecule is CCCCCC(CC)C(CC)C(C)C(C)C. The molecule has 0 aliphatic rings. The molecule has 0 aliphatic heterocycles. The van der Waals surface area contributed by atoms with Gasteiger partial charge < -0.3 is 0 Å². The quantitative estimate of drug-likeness (QED) is 0.429. The van der Waals surface area contributed by atoms with Crippen LogP contribution in [0.1, 0.15) is 80.1 Å². The van der Waals surface area contributed by atoms with Crippen molar-refractivity contribution in [3.05, 3.63) is 0 Å². The van der Waals surface area contributed by atoms with Crippen LogP contribution in [0.25, 0.3) is 0 Å². The summed E-state index contributed by atoms with van der Waals surface area (Å²) in [7, 11) is 0. The second-order valence-electron chi connectivity index (χ2n) is 5.84. The van der Waals surface area contributed by atoms with E-state index in [-0.39, 0.29) is 0 Å². The van der Waals surface area contributed by atoms with E-state index in [1.165, 1.54) is 38.5 Å². The van der Waals surface area contributed by atoms with E-state index in [2.05, 4.69) is 41.5 Å². The molecule has 0 amide bonds. The predicted octanol–water partition coefficient (Wildman–Crippen LogP) is 5.91. The molecular formula is C16H34. The highest BCUT2D eigenvalue weighted by molar-refractivity contribution is 4.75. The van der Waals surface area contributed by atoms with Crippen molar-refractivity contribution in [1.82, 2.24) is 0 Å². The Morgan fingerprint density at radius 3 is 1.81 bits per heavy atom. The Morgan fingerprint density at radius 2 is 1.44 bits per heavy atom. The van der Waals surface area contributed by atoms with Crippen LogP contribution in [0.5, 0.6) is 0 Å². The number of rotatable bonds is 9. The zero-order valence-electron chi connectivity index (χ0n) is 12.6. The van der Waals surface area contributed by atoms with Crippen LogP contribution in [0.15, 0.2) is 0 Å². The summed E-state index contributed by atoms with van der Waals surface area (Å²) in [5.41, 5.74) is 0. The summed E-state index contributed by atoms with van der Waals surface area (Å²) in [6, 6.07) is 0. The van der Waals surface area contributed by atoms with Crippen LogP contribution in [-0.2, 0) is 0 Å². The largest absolute Gasteiger partial charge is 0.0654 e. The molecule has 0 aromatic heterocycles. The van der Waals surface area contributed by atoms with E-state index in [0.717, 1.165) is 23.7 Å². The van der Waals surface area contributed by atoms with Gasteiger partial charge in [0, 0.05) is 0 Å². The van der Waals surface area contributed by atoms with E-state index in [1.807, 2.05) is 0 Å². The molecule has 0 spiro atoms. The minimum atomic E-state index is 0.838. The highest BCUT2D eigenvalue weighted by Crippen LogP contribution is 2.34. The van der Waals surface area contributed by atoms with Gasteiger partial charge in [-0.1, -0.05) is 80.1 Å². The van der Waals surface area contributed by atoms with Crippen LogP contribution in [0.2, 0.25) is 0 Å². The third-order valence-electron chi connectivity index (χ3n) is 4.51. The lowest BCUT2D eigenvalue weighted by Crippen LogP contribution is -2.24. The van der Waals surface area contributed by atoms with Crippen LogP contribution < -0.4 is 0 Å². The van der Waals surface area contributed by atoms with Crippen molar-refractivity contribution in [1.29, 1.82) is 0 Å². The average Bonchev–Trinajstić information content (AvgIpc) is 2.27. The lowest BCUT2D eigenvalue weighted by molar-refractivity contribution is 0.170. The Labute approximate surface area is 104 Å². The molecule has 0 heteroatoms. The van der Waals surface area contributed by atoms with Crippen LogP contribution in [0.4, 0.5) is 0 Å². The predicted molar refractivity (Wildman–Crippen MR) is 75.7 cm³/mol. The zero-order valence-corrected chi connectivity index (χ0v) is 12.6. The van der Waals surface area contributed by atoms with Crippen molar-refractivity contribution in [2.75, 3.05) is 0 Å². The maximum atomic E-state index is 2.46. The molecule has 16 heavy (non-hydrogen) atoms. The third kappa shape index (κ3) is 5.37. The first-order valence-electron chi connectivity index (χ1n) is 7.58. The molecule has 0 nitrogen and oxygen atoms in total. The maximum absolute atomic E-state index is 2.46. The van der Waals surface area contributed by atoms with Crippen molar-refractivity contribution in [2.45, 2.75) is 80.1 Å². The normalized spacial score (nSPS) is 17.4. The molecule has 3 unspecified atom stereocenters. The Kier molecular flexibility index (Phi) is 9.07. The lowest BCUT2D eigenvalue weighted by atomic mass is 9.73. The summed E-state index contributed by atoms with van der Waals surface area (Å²) in [5, 5.41) is 0. The van der Waals surface area contributed by atoms with E-state index < -0.39 is 0 Å².